The summed E-state index contributed by atoms with van der Waals surface area (Å²) in [7, 11) is 0. The van der Waals surface area contributed by atoms with Gasteiger partial charge in [0.05, 0.1) is 0 Å². The molecule has 0 saturated carbocycles. The van der Waals surface area contributed by atoms with Crippen molar-refractivity contribution < 1.29 is 5.11 Å². The second-order valence-corrected chi connectivity index (χ2v) is 3.41. The van der Waals surface area contributed by atoms with Crippen LogP contribution >= 0.6 is 11.8 Å². The first-order chi connectivity index (χ1) is 5.43. The highest BCUT2D eigenvalue weighted by Gasteiger charge is 1.90. The molecule has 0 radical (unpaired) electrons. The summed E-state index contributed by atoms with van der Waals surface area (Å²) in [5.74, 6) is 1.00. The Morgan fingerprint density at radius 3 is 2.55 bits per heavy atom. The Morgan fingerprint density at radius 2 is 1.91 bits per heavy atom. The summed E-state index contributed by atoms with van der Waals surface area (Å²) in [6.07, 6.45) is 0.875. The van der Waals surface area contributed by atoms with E-state index in [1.807, 2.05) is 18.2 Å². The largest absolute Gasteiger partial charge is 0.396 e. The number of benzene rings is 1. The van der Waals surface area contributed by atoms with Gasteiger partial charge in [0.1, 0.15) is 0 Å². The summed E-state index contributed by atoms with van der Waals surface area (Å²) >= 11 is 1.78. The molecule has 0 bridgehead atoms. The quantitative estimate of drug-likeness (QED) is 0.549. The Kier molecular flexibility index (Phi) is 4.09. The van der Waals surface area contributed by atoms with Crippen LogP contribution in [0.1, 0.15) is 6.42 Å². The van der Waals surface area contributed by atoms with Gasteiger partial charge < -0.3 is 5.11 Å². The van der Waals surface area contributed by atoms with Crippen LogP contribution in [0.5, 0.6) is 0 Å². The first-order valence-electron chi connectivity index (χ1n) is 3.72. The molecule has 11 heavy (non-hydrogen) atoms. The highest BCUT2D eigenvalue weighted by molar-refractivity contribution is 7.99. The van der Waals surface area contributed by atoms with Gasteiger partial charge in [0.2, 0.25) is 0 Å². The van der Waals surface area contributed by atoms with Crippen molar-refractivity contribution in [3.63, 3.8) is 0 Å². The number of thioether (sulfide) groups is 1. The fourth-order valence-corrected chi connectivity index (χ4v) is 1.63. The van der Waals surface area contributed by atoms with Crippen LogP contribution in [0, 0.1) is 0 Å². The number of rotatable bonds is 4. The zero-order valence-corrected chi connectivity index (χ0v) is 7.18. The third-order valence-electron chi connectivity index (χ3n) is 1.31. The van der Waals surface area contributed by atoms with E-state index in [2.05, 4.69) is 12.1 Å². The van der Waals surface area contributed by atoms with Gasteiger partial charge in [-0.1, -0.05) is 18.2 Å². The molecule has 1 nitrogen and oxygen atoms in total. The molecule has 0 spiro atoms. The smallest absolute Gasteiger partial charge is 0.0439 e. The lowest BCUT2D eigenvalue weighted by Crippen LogP contribution is -1.84. The molecular formula is C9H12OS. The molecule has 0 aliphatic rings. The van der Waals surface area contributed by atoms with Gasteiger partial charge in [-0.3, -0.25) is 0 Å². The van der Waals surface area contributed by atoms with Crippen LogP contribution in [0.25, 0.3) is 0 Å². The monoisotopic (exact) mass is 168 g/mol. The summed E-state index contributed by atoms with van der Waals surface area (Å²) in [4.78, 5) is 1.28. The van der Waals surface area contributed by atoms with E-state index in [0.717, 1.165) is 12.2 Å². The summed E-state index contributed by atoms with van der Waals surface area (Å²) in [5.41, 5.74) is 0. The van der Waals surface area contributed by atoms with E-state index < -0.39 is 0 Å². The first-order valence-corrected chi connectivity index (χ1v) is 4.71. The Hall–Kier alpha value is -0.470. The van der Waals surface area contributed by atoms with E-state index in [4.69, 9.17) is 5.11 Å². The topological polar surface area (TPSA) is 20.2 Å². The molecule has 0 fully saturated rings. The van der Waals surface area contributed by atoms with Crippen LogP contribution < -0.4 is 0 Å². The maximum atomic E-state index is 8.53. The summed E-state index contributed by atoms with van der Waals surface area (Å²) in [5, 5.41) is 8.53. The highest BCUT2D eigenvalue weighted by atomic mass is 32.2. The van der Waals surface area contributed by atoms with Gasteiger partial charge in [-0.2, -0.15) is 0 Å². The van der Waals surface area contributed by atoms with Crippen molar-refractivity contribution >= 4 is 11.8 Å². The van der Waals surface area contributed by atoms with Crippen LogP contribution in [-0.2, 0) is 0 Å². The van der Waals surface area contributed by atoms with Crippen molar-refractivity contribution in [2.24, 2.45) is 0 Å². The first kappa shape index (κ1) is 8.62. The zero-order chi connectivity index (χ0) is 7.94. The van der Waals surface area contributed by atoms with Crippen molar-refractivity contribution in [3.05, 3.63) is 30.3 Å². The van der Waals surface area contributed by atoms with E-state index in [0.29, 0.717) is 6.61 Å². The lowest BCUT2D eigenvalue weighted by Gasteiger charge is -1.97. The normalized spacial score (nSPS) is 9.91. The van der Waals surface area contributed by atoms with E-state index in [-0.39, 0.29) is 0 Å². The van der Waals surface area contributed by atoms with E-state index in [1.54, 1.807) is 11.8 Å². The molecule has 2 heteroatoms. The Morgan fingerprint density at radius 1 is 1.18 bits per heavy atom. The maximum Gasteiger partial charge on any atom is 0.0439 e. The fourth-order valence-electron chi connectivity index (χ4n) is 0.771. The van der Waals surface area contributed by atoms with E-state index >= 15 is 0 Å². The predicted octanol–water partition coefficient (Wildman–Crippen LogP) is 2.16. The number of aliphatic hydroxyl groups is 1. The van der Waals surface area contributed by atoms with Crippen LogP contribution in [0.4, 0.5) is 0 Å². The molecule has 0 aromatic heterocycles. The SMILES string of the molecule is OCCCSc1ccccc1. The lowest BCUT2D eigenvalue weighted by atomic mass is 10.4. The maximum absolute atomic E-state index is 8.53. The summed E-state index contributed by atoms with van der Waals surface area (Å²) in [6.45, 7) is 0.292. The molecule has 0 atom stereocenters. The molecule has 0 amide bonds. The van der Waals surface area contributed by atoms with Crippen molar-refractivity contribution in [2.45, 2.75) is 11.3 Å². The van der Waals surface area contributed by atoms with Crippen molar-refractivity contribution in [2.75, 3.05) is 12.4 Å². The number of aliphatic hydroxyl groups excluding tert-OH is 1. The summed E-state index contributed by atoms with van der Waals surface area (Å²) in [6, 6.07) is 10.2. The van der Waals surface area contributed by atoms with Crippen molar-refractivity contribution in [1.82, 2.24) is 0 Å². The molecule has 60 valence electrons. The second kappa shape index (κ2) is 5.22. The van der Waals surface area contributed by atoms with Crippen LogP contribution in [-0.4, -0.2) is 17.5 Å². The minimum atomic E-state index is 0.292. The number of hydrogen-bond acceptors (Lipinski definition) is 2. The van der Waals surface area contributed by atoms with Gasteiger partial charge in [0, 0.05) is 17.3 Å². The van der Waals surface area contributed by atoms with E-state index in [9.17, 15) is 0 Å². The molecule has 1 aromatic rings. The zero-order valence-electron chi connectivity index (χ0n) is 6.36. The Balaban J connectivity index is 2.28. The van der Waals surface area contributed by atoms with Crippen molar-refractivity contribution in [3.8, 4) is 0 Å². The lowest BCUT2D eigenvalue weighted by molar-refractivity contribution is 0.296. The second-order valence-electron chi connectivity index (χ2n) is 2.24. The van der Waals surface area contributed by atoms with Crippen molar-refractivity contribution in [1.29, 1.82) is 0 Å². The molecule has 1 N–H and O–H groups in total. The van der Waals surface area contributed by atoms with Crippen LogP contribution in [0.3, 0.4) is 0 Å². The van der Waals surface area contributed by atoms with Gasteiger partial charge in [-0.25, -0.2) is 0 Å². The third-order valence-corrected chi connectivity index (χ3v) is 2.41. The molecule has 0 aliphatic carbocycles. The fraction of sp³-hybridized carbons (Fsp3) is 0.333. The van der Waals surface area contributed by atoms with Gasteiger partial charge in [-0.05, 0) is 18.6 Å². The molecule has 0 aliphatic heterocycles. The Labute approximate surface area is 71.4 Å². The standard InChI is InChI=1S/C9H12OS/c10-7-4-8-11-9-5-2-1-3-6-9/h1-3,5-6,10H,4,7-8H2. The van der Waals surface area contributed by atoms with Gasteiger partial charge >= 0.3 is 0 Å². The Bertz CT molecular complexity index is 186. The molecule has 0 heterocycles. The minimum Gasteiger partial charge on any atom is -0.396 e. The van der Waals surface area contributed by atoms with Gasteiger partial charge in [0.15, 0.2) is 0 Å². The van der Waals surface area contributed by atoms with Crippen LogP contribution in [0.2, 0.25) is 0 Å². The molecular weight excluding hydrogens is 156 g/mol. The van der Waals surface area contributed by atoms with Crippen LogP contribution in [0.15, 0.2) is 35.2 Å². The highest BCUT2D eigenvalue weighted by Crippen LogP contribution is 2.17. The summed E-state index contributed by atoms with van der Waals surface area (Å²) < 4.78 is 0. The van der Waals surface area contributed by atoms with E-state index in [1.165, 1.54) is 4.90 Å². The van der Waals surface area contributed by atoms with Gasteiger partial charge in [0.25, 0.3) is 0 Å². The molecule has 0 unspecified atom stereocenters. The number of hydrogen-bond donors (Lipinski definition) is 1. The molecule has 0 saturated heterocycles. The minimum absolute atomic E-state index is 0.292. The van der Waals surface area contributed by atoms with Gasteiger partial charge in [-0.15, -0.1) is 11.8 Å². The average Bonchev–Trinajstić information content (AvgIpc) is 2.07. The molecule has 1 rings (SSSR count). The third kappa shape index (κ3) is 3.44. The predicted molar refractivity (Wildman–Crippen MR) is 48.9 cm³/mol. The molecule has 1 aromatic carbocycles. The average molecular weight is 168 g/mol.